The Morgan fingerprint density at radius 2 is 1.92 bits per heavy atom. The van der Waals surface area contributed by atoms with Crippen LogP contribution in [0.1, 0.15) is 41.6 Å². The molecule has 1 aromatic heterocycles. The van der Waals surface area contributed by atoms with E-state index in [9.17, 15) is 14.8 Å². The maximum Gasteiger partial charge on any atom is 0.269 e. The van der Waals surface area contributed by atoms with Crippen molar-refractivity contribution in [2.75, 3.05) is 12.2 Å². The maximum atomic E-state index is 11.8. The lowest BCUT2D eigenvalue weighted by molar-refractivity contribution is 0.0990. The van der Waals surface area contributed by atoms with Crippen molar-refractivity contribution >= 4 is 17.4 Å². The van der Waals surface area contributed by atoms with Crippen molar-refractivity contribution in [1.82, 2.24) is 4.98 Å². The van der Waals surface area contributed by atoms with Crippen molar-refractivity contribution in [3.63, 3.8) is 0 Å². The smallest absolute Gasteiger partial charge is 0.269 e. The van der Waals surface area contributed by atoms with Gasteiger partial charge in [-0.2, -0.15) is 0 Å². The van der Waals surface area contributed by atoms with Crippen LogP contribution in [0.15, 0.2) is 30.5 Å². The lowest BCUT2D eigenvalue weighted by Gasteiger charge is -2.23. The predicted octanol–water partition coefficient (Wildman–Crippen LogP) is 2.66. The molecule has 1 amide bonds. The van der Waals surface area contributed by atoms with Crippen molar-refractivity contribution in [1.29, 1.82) is 0 Å². The average Bonchev–Trinajstić information content (AvgIpc) is 2.59. The van der Waals surface area contributed by atoms with E-state index in [-0.39, 0.29) is 23.2 Å². The number of hydrogen-bond acceptors (Lipinski definition) is 6. The Labute approximate surface area is 146 Å². The largest absolute Gasteiger partial charge is 0.496 e. The highest BCUT2D eigenvalue weighted by Crippen LogP contribution is 2.30. The highest BCUT2D eigenvalue weighted by Gasteiger charge is 2.19. The fourth-order valence-corrected chi connectivity index (χ4v) is 2.42. The van der Waals surface area contributed by atoms with E-state index < -0.39 is 5.91 Å². The normalized spacial score (nSPS) is 10.6. The van der Waals surface area contributed by atoms with Gasteiger partial charge in [-0.1, -0.05) is 6.07 Å². The Balaban J connectivity index is 2.60. The summed E-state index contributed by atoms with van der Waals surface area (Å²) in [5.41, 5.74) is 7.29. The Morgan fingerprint density at radius 3 is 2.44 bits per heavy atom. The molecule has 2 aromatic rings. The van der Waals surface area contributed by atoms with Crippen LogP contribution in [0.25, 0.3) is 11.1 Å². The van der Waals surface area contributed by atoms with Gasteiger partial charge in [0.1, 0.15) is 5.75 Å². The number of amides is 1. The number of anilines is 1. The van der Waals surface area contributed by atoms with Crippen LogP contribution in [0, 0.1) is 0 Å². The van der Waals surface area contributed by atoms with Gasteiger partial charge in [0.25, 0.3) is 5.91 Å². The van der Waals surface area contributed by atoms with E-state index in [1.807, 2.05) is 0 Å². The zero-order chi connectivity index (χ0) is 18.7. The number of carbonyl (C=O) groups is 2. The summed E-state index contributed by atoms with van der Waals surface area (Å²) in [6.45, 7) is 4.98. The SMILES string of the molecule is COc1ccc(-c2cnc(C(N)=O)c(N(O)C(C)C)c2)cc1C(C)=O. The third-order valence-corrected chi connectivity index (χ3v) is 3.75. The van der Waals surface area contributed by atoms with Crippen LogP contribution < -0.4 is 15.5 Å². The minimum absolute atomic E-state index is 0.0275. The number of aromatic nitrogens is 1. The van der Waals surface area contributed by atoms with Crippen molar-refractivity contribution in [3.05, 3.63) is 41.7 Å². The maximum absolute atomic E-state index is 11.8. The van der Waals surface area contributed by atoms with Crippen LogP contribution in [0.2, 0.25) is 0 Å². The number of nitrogens with two attached hydrogens (primary N) is 1. The lowest BCUT2D eigenvalue weighted by atomic mass is 10.0. The van der Waals surface area contributed by atoms with Crippen LogP contribution in [0.3, 0.4) is 0 Å². The molecule has 7 heteroatoms. The second-order valence-corrected chi connectivity index (χ2v) is 5.87. The van der Waals surface area contributed by atoms with Crippen molar-refractivity contribution in [3.8, 4) is 16.9 Å². The van der Waals surface area contributed by atoms with Gasteiger partial charge in [-0.3, -0.25) is 19.9 Å². The van der Waals surface area contributed by atoms with E-state index in [0.29, 0.717) is 22.4 Å². The summed E-state index contributed by atoms with van der Waals surface area (Å²) in [7, 11) is 1.50. The Hall–Kier alpha value is -2.93. The van der Waals surface area contributed by atoms with Crippen molar-refractivity contribution in [2.45, 2.75) is 26.8 Å². The minimum atomic E-state index is -0.736. The molecule has 0 radical (unpaired) electrons. The molecule has 3 N–H and O–H groups in total. The number of benzene rings is 1. The molecule has 25 heavy (non-hydrogen) atoms. The van der Waals surface area contributed by atoms with E-state index in [0.717, 1.165) is 5.06 Å². The monoisotopic (exact) mass is 343 g/mol. The molecule has 0 fully saturated rings. The average molecular weight is 343 g/mol. The van der Waals surface area contributed by atoms with Crippen LogP contribution >= 0.6 is 0 Å². The van der Waals surface area contributed by atoms with E-state index >= 15 is 0 Å². The van der Waals surface area contributed by atoms with Gasteiger partial charge in [-0.25, -0.2) is 4.98 Å². The highest BCUT2D eigenvalue weighted by atomic mass is 16.5. The first-order valence-electron chi connectivity index (χ1n) is 7.73. The van der Waals surface area contributed by atoms with Crippen LogP contribution in [-0.4, -0.2) is 35.0 Å². The number of ketones is 1. The molecule has 0 aliphatic heterocycles. The molecule has 0 spiro atoms. The molecule has 0 saturated heterocycles. The molecule has 7 nitrogen and oxygen atoms in total. The number of pyridine rings is 1. The first-order chi connectivity index (χ1) is 11.8. The summed E-state index contributed by atoms with van der Waals surface area (Å²) in [4.78, 5) is 27.5. The second-order valence-electron chi connectivity index (χ2n) is 5.87. The topological polar surface area (TPSA) is 106 Å². The molecular weight excluding hydrogens is 322 g/mol. The van der Waals surface area contributed by atoms with Gasteiger partial charge in [-0.15, -0.1) is 0 Å². The Bertz CT molecular complexity index is 818. The molecular formula is C18H21N3O4. The fraction of sp³-hybridized carbons (Fsp3) is 0.278. The number of hydroxylamine groups is 1. The molecule has 0 saturated carbocycles. The number of hydrogen-bond donors (Lipinski definition) is 2. The molecule has 0 atom stereocenters. The molecule has 132 valence electrons. The number of nitrogens with zero attached hydrogens (tertiary/aromatic N) is 2. The summed E-state index contributed by atoms with van der Waals surface area (Å²) < 4.78 is 5.20. The number of primary amides is 1. The second kappa shape index (κ2) is 7.31. The van der Waals surface area contributed by atoms with Gasteiger partial charge >= 0.3 is 0 Å². The molecule has 0 aliphatic rings. The molecule has 0 aliphatic carbocycles. The predicted molar refractivity (Wildman–Crippen MR) is 94.1 cm³/mol. The van der Waals surface area contributed by atoms with Gasteiger partial charge < -0.3 is 10.5 Å². The lowest BCUT2D eigenvalue weighted by Crippen LogP contribution is -2.30. The summed E-state index contributed by atoms with van der Waals surface area (Å²) in [5, 5.41) is 11.2. The van der Waals surface area contributed by atoms with Gasteiger partial charge in [0.2, 0.25) is 0 Å². The zero-order valence-electron chi connectivity index (χ0n) is 14.6. The molecule has 1 aromatic carbocycles. The van der Waals surface area contributed by atoms with Gasteiger partial charge in [0.15, 0.2) is 11.5 Å². The number of rotatable bonds is 6. The van der Waals surface area contributed by atoms with Gasteiger partial charge in [-0.05, 0) is 44.5 Å². The fourth-order valence-electron chi connectivity index (χ4n) is 2.42. The van der Waals surface area contributed by atoms with Crippen molar-refractivity contribution in [2.24, 2.45) is 5.73 Å². The van der Waals surface area contributed by atoms with E-state index in [1.54, 1.807) is 38.1 Å². The quantitative estimate of drug-likeness (QED) is 0.617. The summed E-state index contributed by atoms with van der Waals surface area (Å²) in [6.07, 6.45) is 1.48. The van der Waals surface area contributed by atoms with Crippen LogP contribution in [-0.2, 0) is 0 Å². The number of methoxy groups -OCH3 is 1. The van der Waals surface area contributed by atoms with Gasteiger partial charge in [0, 0.05) is 11.8 Å². The van der Waals surface area contributed by atoms with E-state index in [4.69, 9.17) is 10.5 Å². The van der Waals surface area contributed by atoms with E-state index in [2.05, 4.69) is 4.98 Å². The number of carbonyl (C=O) groups excluding carboxylic acids is 2. The zero-order valence-corrected chi connectivity index (χ0v) is 14.6. The first kappa shape index (κ1) is 18.4. The molecule has 2 rings (SSSR count). The minimum Gasteiger partial charge on any atom is -0.496 e. The van der Waals surface area contributed by atoms with Gasteiger partial charge in [0.05, 0.1) is 24.4 Å². The first-order valence-corrected chi connectivity index (χ1v) is 7.73. The standard InChI is InChI=1S/C18H21N3O4/c1-10(2)21(24)15-8-13(9-20-17(15)18(19)23)12-5-6-16(25-4)14(7-12)11(3)22/h5-10,24H,1-4H3,(H2,19,23). The summed E-state index contributed by atoms with van der Waals surface area (Å²) >= 11 is 0. The van der Waals surface area contributed by atoms with Crippen molar-refractivity contribution < 1.29 is 19.5 Å². The summed E-state index contributed by atoms with van der Waals surface area (Å²) in [5.74, 6) is -0.392. The molecule has 0 bridgehead atoms. The van der Waals surface area contributed by atoms with E-state index in [1.165, 1.54) is 20.2 Å². The Morgan fingerprint density at radius 1 is 1.24 bits per heavy atom. The summed E-state index contributed by atoms with van der Waals surface area (Å²) in [6, 6.07) is 6.47. The van der Waals surface area contributed by atoms with Crippen LogP contribution in [0.4, 0.5) is 5.69 Å². The highest BCUT2D eigenvalue weighted by molar-refractivity contribution is 5.99. The number of Topliss-reactive ketones (excluding diaryl/α,β-unsaturated/α-hetero) is 1. The Kier molecular flexibility index (Phi) is 5.38. The molecule has 1 heterocycles. The third-order valence-electron chi connectivity index (χ3n) is 3.75. The number of ether oxygens (including phenoxy) is 1. The van der Waals surface area contributed by atoms with Crippen LogP contribution in [0.5, 0.6) is 5.75 Å². The third kappa shape index (κ3) is 3.77. The molecule has 0 unspecified atom stereocenters.